The van der Waals surface area contributed by atoms with Crippen LogP contribution in [0.15, 0.2) is 45.9 Å². The first-order valence-corrected chi connectivity index (χ1v) is 16.4. The second kappa shape index (κ2) is 11.5. The van der Waals surface area contributed by atoms with E-state index in [0.29, 0.717) is 23.0 Å². The lowest BCUT2D eigenvalue weighted by atomic mass is 9.70. The molecule has 234 valence electrons. The zero-order valence-corrected chi connectivity index (χ0v) is 27.1. The lowest BCUT2D eigenvalue weighted by Crippen LogP contribution is -2.54. The molecule has 3 fully saturated rings. The Morgan fingerprint density at radius 3 is 2.56 bits per heavy atom. The number of allylic oxidation sites excluding steroid dienone is 2. The number of pyridine rings is 1. The van der Waals surface area contributed by atoms with E-state index in [9.17, 15) is 18.8 Å². The monoisotopic (exact) mass is 675 g/mol. The van der Waals surface area contributed by atoms with Crippen molar-refractivity contribution in [1.29, 1.82) is 0 Å². The molecule has 3 aliphatic carbocycles. The van der Waals surface area contributed by atoms with E-state index in [4.69, 9.17) is 5.10 Å². The van der Waals surface area contributed by atoms with Crippen molar-refractivity contribution < 1.29 is 18.8 Å². The quantitative estimate of drug-likeness (QED) is 0.420. The van der Waals surface area contributed by atoms with E-state index in [1.54, 1.807) is 29.2 Å². The normalized spacial score (nSPS) is 27.0. The van der Waals surface area contributed by atoms with Gasteiger partial charge in [-0.3, -0.25) is 19.4 Å². The minimum atomic E-state index is -0.656. The predicted molar refractivity (Wildman–Crippen MR) is 169 cm³/mol. The Balaban J connectivity index is 1.16. The highest BCUT2D eigenvalue weighted by Gasteiger charge is 2.53. The second-order valence-electron chi connectivity index (χ2n) is 12.9. The largest absolute Gasteiger partial charge is 0.326 e. The van der Waals surface area contributed by atoms with Crippen molar-refractivity contribution in [3.05, 3.63) is 63.6 Å². The molecule has 12 heteroatoms. The van der Waals surface area contributed by atoms with Crippen LogP contribution < -0.4 is 5.32 Å². The van der Waals surface area contributed by atoms with Crippen LogP contribution in [0.4, 0.5) is 10.2 Å². The van der Waals surface area contributed by atoms with Crippen molar-refractivity contribution in [3.8, 4) is 0 Å². The molecule has 2 unspecified atom stereocenters. The van der Waals surface area contributed by atoms with Crippen molar-refractivity contribution in [2.24, 2.45) is 22.9 Å². The topological polar surface area (TPSA) is 121 Å². The number of carbonyl (C=O) groups is 3. The molecule has 5 aliphatic rings. The first kappa shape index (κ1) is 29.9. The van der Waals surface area contributed by atoms with E-state index in [1.165, 1.54) is 18.6 Å². The van der Waals surface area contributed by atoms with E-state index in [-0.39, 0.29) is 58.5 Å². The van der Waals surface area contributed by atoms with Crippen LogP contribution in [0.1, 0.15) is 62.4 Å². The van der Waals surface area contributed by atoms with Crippen molar-refractivity contribution in [1.82, 2.24) is 24.9 Å². The molecule has 2 amide bonds. The van der Waals surface area contributed by atoms with Gasteiger partial charge in [0, 0.05) is 30.9 Å². The van der Waals surface area contributed by atoms with E-state index >= 15 is 0 Å². The molecule has 5 atom stereocenters. The maximum Gasteiger partial charge on any atom is 0.248 e. The number of halogens is 2. The number of hydrazone groups is 1. The Morgan fingerprint density at radius 2 is 1.87 bits per heavy atom. The van der Waals surface area contributed by atoms with Gasteiger partial charge in [-0.25, -0.2) is 19.3 Å². The van der Waals surface area contributed by atoms with E-state index in [1.807, 2.05) is 6.92 Å². The Morgan fingerprint density at radius 1 is 1.11 bits per heavy atom. The number of aromatic nitrogens is 3. The molecular formula is C33H35BrFN7O3. The summed E-state index contributed by atoms with van der Waals surface area (Å²) in [4.78, 5) is 55.4. The van der Waals surface area contributed by atoms with E-state index in [0.717, 1.165) is 49.7 Å². The molecule has 0 aromatic carbocycles. The molecule has 0 radical (unpaired) electrons. The zero-order valence-electron chi connectivity index (χ0n) is 25.5. The van der Waals surface area contributed by atoms with Crippen LogP contribution in [0.3, 0.4) is 0 Å². The molecule has 4 heterocycles. The molecule has 2 aromatic rings. The maximum absolute atomic E-state index is 14.2. The molecule has 0 spiro atoms. The fraction of sp³-hybridized carbons (Fsp3) is 0.485. The lowest BCUT2D eigenvalue weighted by Gasteiger charge is -2.40. The average Bonchev–Trinajstić information content (AvgIpc) is 3.69. The van der Waals surface area contributed by atoms with Crippen molar-refractivity contribution in [3.63, 3.8) is 0 Å². The summed E-state index contributed by atoms with van der Waals surface area (Å²) in [6.07, 6.45) is 13.6. The Kier molecular flexibility index (Phi) is 7.66. The van der Waals surface area contributed by atoms with Gasteiger partial charge >= 0.3 is 0 Å². The Hall–Kier alpha value is -3.80. The third-order valence-corrected chi connectivity index (χ3v) is 10.6. The Labute approximate surface area is 269 Å². The minimum Gasteiger partial charge on any atom is -0.326 e. The fourth-order valence-electron chi connectivity index (χ4n) is 7.70. The van der Waals surface area contributed by atoms with Crippen LogP contribution in [0.2, 0.25) is 0 Å². The number of amides is 2. The van der Waals surface area contributed by atoms with E-state index < -0.39 is 11.9 Å². The number of hydrogen-bond acceptors (Lipinski definition) is 8. The fourth-order valence-corrected chi connectivity index (χ4v) is 7.99. The summed E-state index contributed by atoms with van der Waals surface area (Å²) >= 11 is 3.10. The number of aryl methyl sites for hydroxylation is 2. The number of carbonyl (C=O) groups excluding carboxylic acids is 3. The predicted octanol–water partition coefficient (Wildman–Crippen LogP) is 4.78. The summed E-state index contributed by atoms with van der Waals surface area (Å²) in [7, 11) is 0. The number of nitrogens with zero attached hydrogens (tertiary/aromatic N) is 6. The molecule has 1 saturated heterocycles. The smallest absolute Gasteiger partial charge is 0.248 e. The van der Waals surface area contributed by atoms with Gasteiger partial charge in [0.2, 0.25) is 11.8 Å². The number of likely N-dealkylation sites (tertiary alicyclic amines) is 1. The van der Waals surface area contributed by atoms with Crippen LogP contribution in [0, 0.1) is 37.4 Å². The molecule has 2 bridgehead atoms. The summed E-state index contributed by atoms with van der Waals surface area (Å²) in [6, 6.07) is 0.372. The molecule has 1 N–H and O–H groups in total. The number of rotatable bonds is 7. The van der Waals surface area contributed by atoms with Crippen molar-refractivity contribution >= 4 is 50.6 Å². The molecule has 2 aliphatic heterocycles. The highest BCUT2D eigenvalue weighted by atomic mass is 79.9. The number of piperidine rings is 1. The lowest BCUT2D eigenvalue weighted by molar-refractivity contribution is -0.142. The SMILES string of the molecule is CC(=O)C1=NN(CC(=O)N2[C@H]3CC[C@@H](C3)[C@H]2C(=O)Nc2nc(Br)c(F)cc2C)C2C(C3CCC3)=CC(c3cnc(C)nc3)=CC12. The van der Waals surface area contributed by atoms with Gasteiger partial charge in [0.05, 0.1) is 12.0 Å². The van der Waals surface area contributed by atoms with Crippen molar-refractivity contribution in [2.45, 2.75) is 77.4 Å². The summed E-state index contributed by atoms with van der Waals surface area (Å²) in [5.41, 5.74) is 3.96. The van der Waals surface area contributed by atoms with Gasteiger partial charge in [-0.1, -0.05) is 18.6 Å². The summed E-state index contributed by atoms with van der Waals surface area (Å²) in [6.45, 7) is 5.01. The Bertz CT molecular complexity index is 1690. The summed E-state index contributed by atoms with van der Waals surface area (Å²) in [5.74, 6) is -0.112. The van der Waals surface area contributed by atoms with Gasteiger partial charge in [0.1, 0.15) is 34.5 Å². The number of hydrogen-bond donors (Lipinski definition) is 1. The van der Waals surface area contributed by atoms with Gasteiger partial charge in [-0.2, -0.15) is 5.10 Å². The third-order valence-electron chi connectivity index (χ3n) is 10.1. The van der Waals surface area contributed by atoms with Gasteiger partial charge in [-0.15, -0.1) is 0 Å². The second-order valence-corrected chi connectivity index (χ2v) is 13.7. The van der Waals surface area contributed by atoms with Crippen LogP contribution in [-0.2, 0) is 14.4 Å². The maximum atomic E-state index is 14.2. The number of ketones is 1. The standard InChI is InChI=1S/C33H35BrFN7O3/c1-16-9-26(35)31(34)38-32(16)39-33(45)29-20-7-8-23(10-20)42(29)27(44)15-41-30-24(19-5-4-6-19)11-21(22-13-36-18(3)37-14-22)12-25(30)28(40-41)17(2)43/h9,11-14,19-20,23,25,29-30H,4-8,10,15H2,1-3H3,(H,38,39,45)/t20-,23-,25?,29-,30?/m0/s1. The van der Waals surface area contributed by atoms with Gasteiger partial charge in [0.15, 0.2) is 11.6 Å². The van der Waals surface area contributed by atoms with Gasteiger partial charge < -0.3 is 10.2 Å². The summed E-state index contributed by atoms with van der Waals surface area (Å²) < 4.78 is 14.0. The van der Waals surface area contributed by atoms with Crippen molar-refractivity contribution in [2.75, 3.05) is 11.9 Å². The molecule has 2 aromatic heterocycles. The first-order valence-electron chi connectivity index (χ1n) is 15.6. The van der Waals surface area contributed by atoms with E-state index in [2.05, 4.69) is 48.4 Å². The average molecular weight is 677 g/mol. The molecule has 10 nitrogen and oxygen atoms in total. The number of Topliss-reactive ketones (excluding diaryl/α,β-unsaturated/α-hetero) is 1. The van der Waals surface area contributed by atoms with Gasteiger partial charge in [0.25, 0.3) is 0 Å². The van der Waals surface area contributed by atoms with Gasteiger partial charge in [-0.05, 0) is 96.5 Å². The highest BCUT2D eigenvalue weighted by Crippen LogP contribution is 2.46. The molecule has 2 saturated carbocycles. The molecule has 45 heavy (non-hydrogen) atoms. The number of nitrogens with one attached hydrogen (secondary N) is 1. The zero-order chi connectivity index (χ0) is 31.6. The van der Waals surface area contributed by atoms with Crippen LogP contribution in [0.25, 0.3) is 5.57 Å². The van der Waals surface area contributed by atoms with Crippen LogP contribution in [-0.4, -0.2) is 72.8 Å². The molecule has 7 rings (SSSR count). The minimum absolute atomic E-state index is 0.0157. The number of fused-ring (bicyclic) bond motifs is 3. The van der Waals surface area contributed by atoms with Crippen LogP contribution in [0.5, 0.6) is 0 Å². The summed E-state index contributed by atoms with van der Waals surface area (Å²) in [5, 5.41) is 9.44. The molecular weight excluding hydrogens is 641 g/mol. The number of anilines is 1. The van der Waals surface area contributed by atoms with Crippen LogP contribution >= 0.6 is 15.9 Å². The third kappa shape index (κ3) is 5.30. The highest BCUT2D eigenvalue weighted by molar-refractivity contribution is 9.10. The first-order chi connectivity index (χ1) is 21.6.